The number of aromatic nitrogens is 2. The van der Waals surface area contributed by atoms with Gasteiger partial charge in [-0.05, 0) is 32.2 Å². The molecule has 1 atom stereocenters. The first-order valence-electron chi connectivity index (χ1n) is 6.64. The van der Waals surface area contributed by atoms with Crippen molar-refractivity contribution in [3.8, 4) is 0 Å². The average molecular weight is 236 g/mol. The zero-order chi connectivity index (χ0) is 12.4. The normalized spacial score (nSPS) is 20.2. The lowest BCUT2D eigenvalue weighted by Crippen LogP contribution is -2.24. The van der Waals surface area contributed by atoms with Crippen LogP contribution in [0.2, 0.25) is 0 Å². The first-order valence-corrected chi connectivity index (χ1v) is 6.64. The number of nitrogens with two attached hydrogens (primary N) is 1. The van der Waals surface area contributed by atoms with Crippen molar-refractivity contribution in [2.24, 2.45) is 18.7 Å². The predicted molar refractivity (Wildman–Crippen MR) is 71.3 cm³/mol. The van der Waals surface area contributed by atoms with Gasteiger partial charge in [0.25, 0.3) is 0 Å². The topological polar surface area (TPSA) is 47.1 Å². The minimum atomic E-state index is 0.699. The molecule has 2 heterocycles. The number of anilines is 1. The Morgan fingerprint density at radius 2 is 2.24 bits per heavy atom. The van der Waals surface area contributed by atoms with Crippen LogP contribution in [0.15, 0.2) is 0 Å². The van der Waals surface area contributed by atoms with Gasteiger partial charge in [0.15, 0.2) is 0 Å². The van der Waals surface area contributed by atoms with Gasteiger partial charge in [0, 0.05) is 25.7 Å². The van der Waals surface area contributed by atoms with E-state index in [1.165, 1.54) is 30.8 Å². The van der Waals surface area contributed by atoms with Gasteiger partial charge in [-0.15, -0.1) is 0 Å². The summed E-state index contributed by atoms with van der Waals surface area (Å²) < 4.78 is 2.03. The third-order valence-corrected chi connectivity index (χ3v) is 3.87. The number of hydrogen-bond donors (Lipinski definition) is 1. The van der Waals surface area contributed by atoms with E-state index in [-0.39, 0.29) is 0 Å². The molecular formula is C13H24N4. The largest absolute Gasteiger partial charge is 0.356 e. The van der Waals surface area contributed by atoms with Crippen LogP contribution in [0.4, 0.5) is 5.82 Å². The molecule has 0 aromatic carbocycles. The average Bonchev–Trinajstić information content (AvgIpc) is 2.85. The lowest BCUT2D eigenvalue weighted by Gasteiger charge is -2.20. The van der Waals surface area contributed by atoms with E-state index in [1.807, 2.05) is 11.7 Å². The van der Waals surface area contributed by atoms with Crippen LogP contribution >= 0.6 is 0 Å². The summed E-state index contributed by atoms with van der Waals surface area (Å²) in [4.78, 5) is 2.49. The van der Waals surface area contributed by atoms with E-state index >= 15 is 0 Å². The quantitative estimate of drug-likeness (QED) is 0.861. The maximum Gasteiger partial charge on any atom is 0.130 e. The number of nitrogens with zero attached hydrogens (tertiary/aromatic N) is 3. The summed E-state index contributed by atoms with van der Waals surface area (Å²) in [5.74, 6) is 2.14. The Balaban J connectivity index is 2.25. The van der Waals surface area contributed by atoms with E-state index in [1.54, 1.807) is 0 Å². The van der Waals surface area contributed by atoms with Gasteiger partial charge in [-0.25, -0.2) is 0 Å². The van der Waals surface area contributed by atoms with E-state index in [0.29, 0.717) is 6.54 Å². The van der Waals surface area contributed by atoms with Crippen LogP contribution in [0.5, 0.6) is 0 Å². The second kappa shape index (κ2) is 5.08. The fraction of sp³-hybridized carbons (Fsp3) is 0.769. The highest BCUT2D eigenvalue weighted by molar-refractivity contribution is 5.51. The molecule has 2 N–H and O–H groups in total. The van der Waals surface area contributed by atoms with E-state index in [2.05, 4.69) is 23.8 Å². The van der Waals surface area contributed by atoms with E-state index < -0.39 is 0 Å². The summed E-state index contributed by atoms with van der Waals surface area (Å²) in [6.45, 7) is 7.40. The molecule has 1 saturated heterocycles. The van der Waals surface area contributed by atoms with Gasteiger partial charge in [-0.2, -0.15) is 5.10 Å². The molecule has 0 amide bonds. The molecule has 4 heteroatoms. The molecule has 1 aliphatic rings. The van der Waals surface area contributed by atoms with Gasteiger partial charge in [0.05, 0.1) is 5.69 Å². The molecule has 1 unspecified atom stereocenters. The Bertz CT molecular complexity index is 383. The highest BCUT2D eigenvalue weighted by Crippen LogP contribution is 2.29. The second-order valence-corrected chi connectivity index (χ2v) is 5.06. The third kappa shape index (κ3) is 2.32. The lowest BCUT2D eigenvalue weighted by molar-refractivity contribution is 0.567. The van der Waals surface area contributed by atoms with Gasteiger partial charge in [0.2, 0.25) is 0 Å². The molecule has 1 aromatic heterocycles. The van der Waals surface area contributed by atoms with Gasteiger partial charge >= 0.3 is 0 Å². The molecule has 0 radical (unpaired) electrons. The van der Waals surface area contributed by atoms with Crippen molar-refractivity contribution in [1.82, 2.24) is 9.78 Å². The number of rotatable bonds is 4. The van der Waals surface area contributed by atoms with Crippen molar-refractivity contribution in [2.75, 3.05) is 24.5 Å². The number of hydrogen-bond acceptors (Lipinski definition) is 3. The van der Waals surface area contributed by atoms with Crippen molar-refractivity contribution < 1.29 is 0 Å². The SMILES string of the molecule is CCC1CCN(c2c(CCN)c(C)nn2C)C1. The Kier molecular flexibility index (Phi) is 3.72. The van der Waals surface area contributed by atoms with Gasteiger partial charge in [-0.1, -0.05) is 13.3 Å². The molecule has 17 heavy (non-hydrogen) atoms. The molecule has 1 aromatic rings. The first-order chi connectivity index (χ1) is 8.17. The standard InChI is InChI=1S/C13H24N4/c1-4-11-6-8-17(9-11)13-12(5-7-14)10(2)15-16(13)3/h11H,4-9,14H2,1-3H3. The molecule has 1 aliphatic heterocycles. The van der Waals surface area contributed by atoms with E-state index in [0.717, 1.165) is 24.6 Å². The minimum Gasteiger partial charge on any atom is -0.356 e. The van der Waals surface area contributed by atoms with Crippen molar-refractivity contribution >= 4 is 5.82 Å². The zero-order valence-electron chi connectivity index (χ0n) is 11.2. The summed E-state index contributed by atoms with van der Waals surface area (Å²) >= 11 is 0. The third-order valence-electron chi connectivity index (χ3n) is 3.87. The monoisotopic (exact) mass is 236 g/mol. The molecular weight excluding hydrogens is 212 g/mol. The van der Waals surface area contributed by atoms with Crippen LogP contribution in [0.1, 0.15) is 31.0 Å². The maximum atomic E-state index is 5.70. The van der Waals surface area contributed by atoms with Gasteiger partial charge in [-0.3, -0.25) is 4.68 Å². The highest BCUT2D eigenvalue weighted by Gasteiger charge is 2.26. The molecule has 2 rings (SSSR count). The molecule has 4 nitrogen and oxygen atoms in total. The van der Waals surface area contributed by atoms with Crippen LogP contribution < -0.4 is 10.6 Å². The summed E-state index contributed by atoms with van der Waals surface area (Å²) in [6, 6.07) is 0. The fourth-order valence-corrected chi connectivity index (χ4v) is 2.88. The smallest absolute Gasteiger partial charge is 0.130 e. The summed E-state index contributed by atoms with van der Waals surface area (Å²) in [5, 5.41) is 4.54. The van der Waals surface area contributed by atoms with E-state index in [4.69, 9.17) is 5.73 Å². The predicted octanol–water partition coefficient (Wildman–Crippen LogP) is 1.47. The molecule has 0 spiro atoms. The maximum absolute atomic E-state index is 5.70. The Morgan fingerprint density at radius 1 is 1.47 bits per heavy atom. The Morgan fingerprint density at radius 3 is 2.82 bits per heavy atom. The molecule has 0 bridgehead atoms. The molecule has 96 valence electrons. The van der Waals surface area contributed by atoms with Crippen LogP contribution in [-0.2, 0) is 13.5 Å². The molecule has 0 aliphatic carbocycles. The van der Waals surface area contributed by atoms with Crippen LogP contribution in [-0.4, -0.2) is 29.4 Å². The zero-order valence-corrected chi connectivity index (χ0v) is 11.2. The molecule has 1 fully saturated rings. The Labute approximate surface area is 104 Å². The van der Waals surface area contributed by atoms with Crippen molar-refractivity contribution in [3.05, 3.63) is 11.3 Å². The summed E-state index contributed by atoms with van der Waals surface area (Å²) in [5.41, 5.74) is 8.18. The second-order valence-electron chi connectivity index (χ2n) is 5.06. The van der Waals surface area contributed by atoms with Crippen molar-refractivity contribution in [3.63, 3.8) is 0 Å². The van der Waals surface area contributed by atoms with Crippen molar-refractivity contribution in [1.29, 1.82) is 0 Å². The number of aryl methyl sites for hydroxylation is 2. The van der Waals surface area contributed by atoms with E-state index in [9.17, 15) is 0 Å². The van der Waals surface area contributed by atoms with Crippen molar-refractivity contribution in [2.45, 2.75) is 33.1 Å². The van der Waals surface area contributed by atoms with Crippen LogP contribution in [0.3, 0.4) is 0 Å². The highest BCUT2D eigenvalue weighted by atomic mass is 15.4. The van der Waals surface area contributed by atoms with Gasteiger partial charge < -0.3 is 10.6 Å². The van der Waals surface area contributed by atoms with Gasteiger partial charge in [0.1, 0.15) is 5.82 Å². The fourth-order valence-electron chi connectivity index (χ4n) is 2.88. The molecule has 0 saturated carbocycles. The summed E-state index contributed by atoms with van der Waals surface area (Å²) in [6.07, 6.45) is 3.52. The minimum absolute atomic E-state index is 0.699. The van der Waals surface area contributed by atoms with Crippen LogP contribution in [0, 0.1) is 12.8 Å². The first kappa shape index (κ1) is 12.4. The lowest BCUT2D eigenvalue weighted by atomic mass is 10.1. The Hall–Kier alpha value is -1.03. The summed E-state index contributed by atoms with van der Waals surface area (Å²) in [7, 11) is 2.04. The van der Waals surface area contributed by atoms with Crippen LogP contribution in [0.25, 0.3) is 0 Å².